The maximum absolute atomic E-state index is 11.5. The molecule has 3 aromatic carbocycles. The van der Waals surface area contributed by atoms with Crippen LogP contribution in [-0.2, 0) is 6.54 Å². The molecule has 0 aliphatic heterocycles. The van der Waals surface area contributed by atoms with Crippen molar-refractivity contribution in [2.24, 2.45) is 0 Å². The van der Waals surface area contributed by atoms with Crippen LogP contribution < -0.4 is 10.6 Å². The molecule has 0 radical (unpaired) electrons. The number of fused-ring (bicyclic) bond motifs is 1. The Morgan fingerprint density at radius 1 is 1.00 bits per heavy atom. The number of ketones is 1. The molecule has 4 rings (SSSR count). The first-order valence-corrected chi connectivity index (χ1v) is 9.67. The lowest BCUT2D eigenvalue weighted by atomic mass is 10.0. The first kappa shape index (κ1) is 18.8. The number of nitrogens with one attached hydrogen (secondary N) is 2. The Labute approximate surface area is 174 Å². The zero-order valence-corrected chi connectivity index (χ0v) is 16.7. The highest BCUT2D eigenvalue weighted by Gasteiger charge is 2.06. The molecule has 1 aromatic heterocycles. The maximum Gasteiger partial charge on any atom is 0.175 e. The molecule has 0 spiro atoms. The molecule has 6 heteroatoms. The highest BCUT2D eigenvalue weighted by atomic mass is 32.1. The molecule has 0 unspecified atom stereocenters. The predicted octanol–water partition coefficient (Wildman–Crippen LogP) is 5.10. The summed E-state index contributed by atoms with van der Waals surface area (Å²) < 4.78 is 1.88. The van der Waals surface area contributed by atoms with Gasteiger partial charge in [0.25, 0.3) is 0 Å². The normalized spacial score (nSPS) is 10.7. The Morgan fingerprint density at radius 2 is 1.76 bits per heavy atom. The van der Waals surface area contributed by atoms with Gasteiger partial charge >= 0.3 is 0 Å². The van der Waals surface area contributed by atoms with Crippen molar-refractivity contribution < 1.29 is 4.79 Å². The van der Waals surface area contributed by atoms with Crippen molar-refractivity contribution >= 4 is 45.3 Å². The Balaban J connectivity index is 1.43. The molecule has 5 nitrogen and oxygen atoms in total. The Bertz CT molecular complexity index is 1190. The number of thiocarbonyl (C=S) groups is 1. The van der Waals surface area contributed by atoms with Gasteiger partial charge in [-0.15, -0.1) is 0 Å². The smallest absolute Gasteiger partial charge is 0.175 e. The fraction of sp³-hybridized carbons (Fsp3) is 0.0870. The number of anilines is 2. The van der Waals surface area contributed by atoms with Crippen molar-refractivity contribution in [1.29, 1.82) is 0 Å². The molecule has 0 bridgehead atoms. The third-order valence-corrected chi connectivity index (χ3v) is 4.83. The zero-order valence-electron chi connectivity index (χ0n) is 15.9. The number of carbonyl (C=O) groups excluding carboxylic acids is 1. The van der Waals surface area contributed by atoms with Crippen LogP contribution in [0, 0.1) is 0 Å². The van der Waals surface area contributed by atoms with Crippen LogP contribution in [-0.4, -0.2) is 20.7 Å². The van der Waals surface area contributed by atoms with Gasteiger partial charge in [0.2, 0.25) is 0 Å². The second-order valence-corrected chi connectivity index (χ2v) is 7.19. The van der Waals surface area contributed by atoms with E-state index in [1.807, 2.05) is 35.1 Å². The summed E-state index contributed by atoms with van der Waals surface area (Å²) >= 11 is 5.39. The summed E-state index contributed by atoms with van der Waals surface area (Å²) in [6.07, 6.45) is 3.66. The monoisotopic (exact) mass is 400 g/mol. The Hall–Kier alpha value is -3.51. The van der Waals surface area contributed by atoms with Crippen LogP contribution >= 0.6 is 12.2 Å². The maximum atomic E-state index is 11.5. The van der Waals surface area contributed by atoms with E-state index in [0.717, 1.165) is 11.4 Å². The molecule has 0 aliphatic carbocycles. The number of carbonyl (C=O) groups is 1. The second kappa shape index (κ2) is 8.24. The molecule has 0 fully saturated rings. The summed E-state index contributed by atoms with van der Waals surface area (Å²) in [7, 11) is 0. The van der Waals surface area contributed by atoms with E-state index in [4.69, 9.17) is 12.2 Å². The van der Waals surface area contributed by atoms with Crippen LogP contribution in [0.3, 0.4) is 0 Å². The largest absolute Gasteiger partial charge is 0.332 e. The molecule has 0 saturated carbocycles. The van der Waals surface area contributed by atoms with Gasteiger partial charge in [-0.25, -0.2) is 0 Å². The highest BCUT2D eigenvalue weighted by Crippen LogP contribution is 2.20. The van der Waals surface area contributed by atoms with Crippen molar-refractivity contribution in [1.82, 2.24) is 9.78 Å². The number of hydrogen-bond acceptors (Lipinski definition) is 3. The lowest BCUT2D eigenvalue weighted by Crippen LogP contribution is -2.19. The third-order valence-electron chi connectivity index (χ3n) is 4.63. The van der Waals surface area contributed by atoms with Gasteiger partial charge in [0.15, 0.2) is 10.9 Å². The minimum absolute atomic E-state index is 0.0160. The summed E-state index contributed by atoms with van der Waals surface area (Å²) in [5, 5.41) is 13.6. The van der Waals surface area contributed by atoms with Crippen molar-refractivity contribution in [3.05, 3.63) is 90.3 Å². The fourth-order valence-electron chi connectivity index (χ4n) is 3.23. The molecule has 4 aromatic rings. The van der Waals surface area contributed by atoms with Crippen LogP contribution in [0.15, 0.2) is 79.1 Å². The number of nitrogens with zero attached hydrogens (tertiary/aromatic N) is 2. The molecule has 0 saturated heterocycles. The first-order valence-electron chi connectivity index (χ1n) is 9.26. The van der Waals surface area contributed by atoms with E-state index in [-0.39, 0.29) is 5.78 Å². The van der Waals surface area contributed by atoms with Gasteiger partial charge < -0.3 is 10.6 Å². The number of benzene rings is 3. The number of rotatable bonds is 5. The Kier molecular flexibility index (Phi) is 5.35. The van der Waals surface area contributed by atoms with Crippen molar-refractivity contribution in [2.75, 3.05) is 10.6 Å². The number of hydrogen-bond donors (Lipinski definition) is 2. The average Bonchev–Trinajstić information content (AvgIpc) is 3.15. The summed E-state index contributed by atoms with van der Waals surface area (Å²) in [5.74, 6) is 0.0160. The van der Waals surface area contributed by atoms with Gasteiger partial charge in [-0.1, -0.05) is 54.6 Å². The molecule has 144 valence electrons. The van der Waals surface area contributed by atoms with E-state index in [2.05, 4.69) is 46.1 Å². The number of Topliss-reactive ketones (excluding diaryl/α,β-unsaturated/α-hetero) is 1. The fourth-order valence-corrected chi connectivity index (χ4v) is 3.46. The molecule has 0 amide bonds. The van der Waals surface area contributed by atoms with E-state index >= 15 is 0 Å². The van der Waals surface area contributed by atoms with Crippen molar-refractivity contribution in [2.45, 2.75) is 13.5 Å². The minimum Gasteiger partial charge on any atom is -0.332 e. The molecular formula is C23H20N4OS. The summed E-state index contributed by atoms with van der Waals surface area (Å²) in [5.41, 5.74) is 3.41. The van der Waals surface area contributed by atoms with Crippen molar-refractivity contribution in [3.8, 4) is 0 Å². The topological polar surface area (TPSA) is 59.0 Å². The molecule has 29 heavy (non-hydrogen) atoms. The average molecular weight is 401 g/mol. The quantitative estimate of drug-likeness (QED) is 0.361. The molecule has 0 aliphatic rings. The van der Waals surface area contributed by atoms with Crippen LogP contribution in [0.2, 0.25) is 0 Å². The molecule has 0 atom stereocenters. The predicted molar refractivity (Wildman–Crippen MR) is 122 cm³/mol. The third kappa shape index (κ3) is 4.50. The van der Waals surface area contributed by atoms with Crippen LogP contribution in [0.25, 0.3) is 10.8 Å². The lowest BCUT2D eigenvalue weighted by Gasteiger charge is -2.10. The Morgan fingerprint density at radius 3 is 2.62 bits per heavy atom. The van der Waals surface area contributed by atoms with E-state index in [9.17, 15) is 4.79 Å². The van der Waals surface area contributed by atoms with Gasteiger partial charge in [-0.2, -0.15) is 5.10 Å². The minimum atomic E-state index is 0.0160. The van der Waals surface area contributed by atoms with Crippen molar-refractivity contribution in [3.63, 3.8) is 0 Å². The van der Waals surface area contributed by atoms with Gasteiger partial charge in [0, 0.05) is 17.4 Å². The molecule has 2 N–H and O–H groups in total. The van der Waals surface area contributed by atoms with Gasteiger partial charge in [0.05, 0.1) is 18.4 Å². The van der Waals surface area contributed by atoms with Crippen LogP contribution in [0.4, 0.5) is 11.4 Å². The lowest BCUT2D eigenvalue weighted by molar-refractivity contribution is 0.101. The standard InChI is InChI=1S/C23H20N4OS/c1-16(28)18-8-5-10-20(12-18)25-23(29)26-21-13-24-27(15-21)14-19-9-4-7-17-6-2-3-11-22(17)19/h2-13,15H,14H2,1H3,(H2,25,26,29). The van der Waals surface area contributed by atoms with Crippen LogP contribution in [0.1, 0.15) is 22.8 Å². The summed E-state index contributed by atoms with van der Waals surface area (Å²) in [6, 6.07) is 21.9. The number of aromatic nitrogens is 2. The van der Waals surface area contributed by atoms with E-state index < -0.39 is 0 Å². The van der Waals surface area contributed by atoms with Gasteiger partial charge in [-0.05, 0) is 47.6 Å². The van der Waals surface area contributed by atoms with E-state index in [1.54, 1.807) is 25.3 Å². The van der Waals surface area contributed by atoms with E-state index in [1.165, 1.54) is 16.3 Å². The summed E-state index contributed by atoms with van der Waals surface area (Å²) in [6.45, 7) is 2.21. The molecular weight excluding hydrogens is 380 g/mol. The van der Waals surface area contributed by atoms with E-state index in [0.29, 0.717) is 17.2 Å². The van der Waals surface area contributed by atoms with Crippen LogP contribution in [0.5, 0.6) is 0 Å². The highest BCUT2D eigenvalue weighted by molar-refractivity contribution is 7.80. The first-order chi connectivity index (χ1) is 14.1. The SMILES string of the molecule is CC(=O)c1cccc(NC(=S)Nc2cnn(Cc3cccc4ccccc34)c2)c1. The zero-order chi connectivity index (χ0) is 20.2. The van der Waals surface area contributed by atoms with Gasteiger partial charge in [-0.3, -0.25) is 9.48 Å². The summed E-state index contributed by atoms with van der Waals surface area (Å²) in [4.78, 5) is 11.5. The molecule has 1 heterocycles. The second-order valence-electron chi connectivity index (χ2n) is 6.78. The van der Waals surface area contributed by atoms with Gasteiger partial charge in [0.1, 0.15) is 0 Å².